The van der Waals surface area contributed by atoms with Gasteiger partial charge in [0.2, 0.25) is 0 Å². The molecule has 1 amide bonds. The topological polar surface area (TPSA) is 60.7 Å². The molecule has 8 heteroatoms. The van der Waals surface area contributed by atoms with Crippen LogP contribution < -0.4 is 5.32 Å². The molecule has 6 nitrogen and oxygen atoms in total. The van der Waals surface area contributed by atoms with E-state index in [-0.39, 0.29) is 18.3 Å². The number of fused-ring (bicyclic) bond motifs is 1. The number of halogens is 2. The van der Waals surface area contributed by atoms with Crippen molar-refractivity contribution >= 4 is 34.1 Å². The molecule has 0 unspecified atom stereocenters. The summed E-state index contributed by atoms with van der Waals surface area (Å²) in [5, 5.41) is 14.3. The fraction of sp³-hybridized carbons (Fsp3) is 0.444. The van der Waals surface area contributed by atoms with Crippen LogP contribution in [0, 0.1) is 18.7 Å². The molecule has 186 valence electrons. The molecular weight excluding hydrogens is 467 g/mol. The van der Waals surface area contributed by atoms with Gasteiger partial charge in [-0.15, -0.1) is 0 Å². The van der Waals surface area contributed by atoms with Crippen LogP contribution in [0.25, 0.3) is 10.9 Å². The summed E-state index contributed by atoms with van der Waals surface area (Å²) in [6.07, 6.45) is 2.46. The maximum atomic E-state index is 13.5. The van der Waals surface area contributed by atoms with Crippen LogP contribution in [0.3, 0.4) is 0 Å². The Kier molecular flexibility index (Phi) is 7.00. The second kappa shape index (κ2) is 10.2. The molecule has 0 radical (unpaired) electrons. The van der Waals surface area contributed by atoms with E-state index in [0.29, 0.717) is 42.7 Å². The Hall–Kier alpha value is -2.61. The minimum Gasteiger partial charge on any atom is -0.395 e. The van der Waals surface area contributed by atoms with Gasteiger partial charge in [0.05, 0.1) is 22.8 Å². The van der Waals surface area contributed by atoms with Gasteiger partial charge in [-0.05, 0) is 55.5 Å². The zero-order valence-electron chi connectivity index (χ0n) is 20.1. The summed E-state index contributed by atoms with van der Waals surface area (Å²) in [5.74, 6) is 0.398. The number of anilines is 1. The van der Waals surface area contributed by atoms with E-state index in [4.69, 9.17) is 11.6 Å². The Morgan fingerprint density at radius 2 is 1.86 bits per heavy atom. The number of hydrogen-bond acceptors (Lipinski definition) is 4. The first-order valence-corrected chi connectivity index (χ1v) is 12.8. The number of nitrogens with one attached hydrogen (secondary N) is 1. The van der Waals surface area contributed by atoms with E-state index in [2.05, 4.69) is 14.8 Å². The first kappa shape index (κ1) is 24.1. The van der Waals surface area contributed by atoms with Crippen LogP contribution in [0.1, 0.15) is 34.5 Å². The van der Waals surface area contributed by atoms with Crippen molar-refractivity contribution in [2.45, 2.75) is 32.9 Å². The molecule has 2 fully saturated rings. The number of carbonyl (C=O) groups excluding carboxylic acids is 1. The van der Waals surface area contributed by atoms with Crippen LogP contribution in [-0.2, 0) is 13.1 Å². The van der Waals surface area contributed by atoms with Crippen LogP contribution in [0.2, 0.25) is 5.02 Å². The molecule has 2 heterocycles. The maximum Gasteiger partial charge on any atom is 0.254 e. The summed E-state index contributed by atoms with van der Waals surface area (Å²) >= 11 is 6.83. The van der Waals surface area contributed by atoms with Gasteiger partial charge in [0, 0.05) is 62.5 Å². The molecule has 2 aromatic carbocycles. The summed E-state index contributed by atoms with van der Waals surface area (Å²) < 4.78 is 15.7. The molecule has 3 aromatic rings. The van der Waals surface area contributed by atoms with E-state index >= 15 is 0 Å². The highest BCUT2D eigenvalue weighted by atomic mass is 35.5. The van der Waals surface area contributed by atoms with Gasteiger partial charge >= 0.3 is 0 Å². The SMILES string of the molecule is Cc1c(Cl)c2cc(C(=O)N3CCN(CCO)CC3)cc(NCc3ccc(F)cc3)c2n1CC1CC1. The van der Waals surface area contributed by atoms with E-state index in [0.717, 1.165) is 47.5 Å². The highest BCUT2D eigenvalue weighted by Gasteiger charge is 2.27. The summed E-state index contributed by atoms with van der Waals surface area (Å²) in [4.78, 5) is 17.5. The summed E-state index contributed by atoms with van der Waals surface area (Å²) in [6, 6.07) is 10.3. The monoisotopic (exact) mass is 498 g/mol. The summed E-state index contributed by atoms with van der Waals surface area (Å²) in [5.41, 5.74) is 4.47. The molecule has 1 aromatic heterocycles. The zero-order chi connectivity index (χ0) is 24.5. The molecule has 1 aliphatic heterocycles. The summed E-state index contributed by atoms with van der Waals surface area (Å²) in [7, 11) is 0. The van der Waals surface area contributed by atoms with E-state index < -0.39 is 0 Å². The molecule has 0 spiro atoms. The van der Waals surface area contributed by atoms with Gasteiger partial charge in [0.25, 0.3) is 5.91 Å². The van der Waals surface area contributed by atoms with Crippen molar-refractivity contribution in [2.75, 3.05) is 44.6 Å². The highest BCUT2D eigenvalue weighted by Crippen LogP contribution is 2.40. The number of benzene rings is 2. The molecule has 0 bridgehead atoms. The minimum atomic E-state index is -0.261. The molecule has 1 aliphatic carbocycles. The van der Waals surface area contributed by atoms with E-state index in [1.807, 2.05) is 24.0 Å². The van der Waals surface area contributed by atoms with Gasteiger partial charge in [0.15, 0.2) is 0 Å². The second-order valence-electron chi connectivity index (χ2n) is 9.71. The van der Waals surface area contributed by atoms with Crippen LogP contribution in [-0.4, -0.2) is 64.7 Å². The number of amides is 1. The average molecular weight is 499 g/mol. The zero-order valence-corrected chi connectivity index (χ0v) is 20.8. The number of carbonyl (C=O) groups is 1. The van der Waals surface area contributed by atoms with Crippen LogP contribution >= 0.6 is 11.6 Å². The van der Waals surface area contributed by atoms with Gasteiger partial charge in [-0.2, -0.15) is 0 Å². The Morgan fingerprint density at radius 1 is 1.14 bits per heavy atom. The molecule has 2 aliphatic rings. The molecular formula is C27H32ClFN4O2. The number of nitrogens with zero attached hydrogens (tertiary/aromatic N) is 3. The Balaban J connectivity index is 1.48. The van der Waals surface area contributed by atoms with Crippen molar-refractivity contribution in [3.63, 3.8) is 0 Å². The second-order valence-corrected chi connectivity index (χ2v) is 10.1. The van der Waals surface area contributed by atoms with Crippen molar-refractivity contribution in [3.05, 3.63) is 64.1 Å². The number of piperazine rings is 1. The van der Waals surface area contributed by atoms with Gasteiger partial charge in [-0.1, -0.05) is 23.7 Å². The van der Waals surface area contributed by atoms with Crippen molar-refractivity contribution in [1.29, 1.82) is 0 Å². The fourth-order valence-electron chi connectivity index (χ4n) is 4.92. The number of aromatic nitrogens is 1. The molecule has 1 saturated carbocycles. The van der Waals surface area contributed by atoms with Crippen molar-refractivity contribution in [2.24, 2.45) is 5.92 Å². The van der Waals surface area contributed by atoms with Gasteiger partial charge in [-0.3, -0.25) is 9.69 Å². The van der Waals surface area contributed by atoms with Crippen LogP contribution in [0.5, 0.6) is 0 Å². The van der Waals surface area contributed by atoms with Crippen LogP contribution in [0.15, 0.2) is 36.4 Å². The Bertz CT molecular complexity index is 1210. The lowest BCUT2D eigenvalue weighted by Gasteiger charge is -2.34. The molecule has 1 saturated heterocycles. The predicted octanol–water partition coefficient (Wildman–Crippen LogP) is 4.51. The lowest BCUT2D eigenvalue weighted by atomic mass is 10.1. The van der Waals surface area contributed by atoms with Crippen LogP contribution in [0.4, 0.5) is 10.1 Å². The third-order valence-corrected chi connectivity index (χ3v) is 7.67. The van der Waals surface area contributed by atoms with Gasteiger partial charge in [0.1, 0.15) is 5.82 Å². The standard InChI is InChI=1S/C27H32ClFN4O2/c1-18-25(28)23-14-21(27(35)32-10-8-31(9-11-32)12-13-34)15-24(26(23)33(18)17-20-2-3-20)30-16-19-4-6-22(29)7-5-19/h4-7,14-15,20,30,34H,2-3,8-13,16-17H2,1H3. The third kappa shape index (κ3) is 5.17. The first-order chi connectivity index (χ1) is 16.9. The van der Waals surface area contributed by atoms with Gasteiger partial charge < -0.3 is 19.9 Å². The Labute approximate surface area is 210 Å². The van der Waals surface area contributed by atoms with Gasteiger partial charge in [-0.25, -0.2) is 4.39 Å². The van der Waals surface area contributed by atoms with Crippen molar-refractivity contribution < 1.29 is 14.3 Å². The number of β-amino-alcohol motifs (C(OH)–C–C–N with tert-alkyl or cyclic N) is 1. The largest absolute Gasteiger partial charge is 0.395 e. The molecule has 2 N–H and O–H groups in total. The first-order valence-electron chi connectivity index (χ1n) is 12.4. The predicted molar refractivity (Wildman–Crippen MR) is 138 cm³/mol. The fourth-order valence-corrected chi connectivity index (χ4v) is 5.16. The van der Waals surface area contributed by atoms with Crippen molar-refractivity contribution in [1.82, 2.24) is 14.4 Å². The number of rotatable bonds is 8. The average Bonchev–Trinajstić information content (AvgIpc) is 3.66. The lowest BCUT2D eigenvalue weighted by Crippen LogP contribution is -2.49. The number of aliphatic hydroxyl groups excluding tert-OH is 1. The quantitative estimate of drug-likeness (QED) is 0.479. The van der Waals surface area contributed by atoms with E-state index in [9.17, 15) is 14.3 Å². The minimum absolute atomic E-state index is 0.0101. The maximum absolute atomic E-state index is 13.5. The molecule has 35 heavy (non-hydrogen) atoms. The lowest BCUT2D eigenvalue weighted by molar-refractivity contribution is 0.0615. The number of aliphatic hydroxyl groups is 1. The summed E-state index contributed by atoms with van der Waals surface area (Å²) in [6.45, 7) is 6.99. The number of hydrogen-bond donors (Lipinski definition) is 2. The Morgan fingerprint density at radius 3 is 2.51 bits per heavy atom. The smallest absolute Gasteiger partial charge is 0.254 e. The molecule has 0 atom stereocenters. The highest BCUT2D eigenvalue weighted by molar-refractivity contribution is 6.37. The normalized spacial score (nSPS) is 16.7. The van der Waals surface area contributed by atoms with E-state index in [1.165, 1.54) is 25.0 Å². The molecule has 5 rings (SSSR count). The van der Waals surface area contributed by atoms with Crippen molar-refractivity contribution in [3.8, 4) is 0 Å². The third-order valence-electron chi connectivity index (χ3n) is 7.20. The van der Waals surface area contributed by atoms with E-state index in [1.54, 1.807) is 12.1 Å².